The lowest BCUT2D eigenvalue weighted by Gasteiger charge is -2.14. The minimum Gasteiger partial charge on any atom is -0.368 e. The summed E-state index contributed by atoms with van der Waals surface area (Å²) in [5, 5.41) is 9.47. The van der Waals surface area contributed by atoms with Gasteiger partial charge in [0.25, 0.3) is 0 Å². The summed E-state index contributed by atoms with van der Waals surface area (Å²) in [5.74, 6) is 0.350. The summed E-state index contributed by atoms with van der Waals surface area (Å²) in [6.45, 7) is 2.83. The molecule has 0 aliphatic heterocycles. The van der Waals surface area contributed by atoms with E-state index in [1.54, 1.807) is 0 Å². The minimum absolute atomic E-state index is 0.403. The molecule has 0 aliphatic carbocycles. The predicted molar refractivity (Wildman–Crippen MR) is 105 cm³/mol. The number of rotatable bonds is 7. The van der Waals surface area contributed by atoms with Gasteiger partial charge in [-0.15, -0.1) is 10.2 Å². The lowest BCUT2D eigenvalue weighted by atomic mass is 10.1. The van der Waals surface area contributed by atoms with Crippen molar-refractivity contribution in [1.82, 2.24) is 14.8 Å². The van der Waals surface area contributed by atoms with Crippen LogP contribution in [0.5, 0.6) is 0 Å². The quantitative estimate of drug-likeness (QED) is 0.613. The minimum atomic E-state index is -0.519. The summed E-state index contributed by atoms with van der Waals surface area (Å²) in [7, 11) is 0. The molecule has 1 amide bonds. The van der Waals surface area contributed by atoms with E-state index >= 15 is 0 Å². The van der Waals surface area contributed by atoms with Crippen LogP contribution in [-0.2, 0) is 11.3 Å². The first-order chi connectivity index (χ1) is 12.6. The van der Waals surface area contributed by atoms with Gasteiger partial charge in [-0.2, -0.15) is 0 Å². The highest BCUT2D eigenvalue weighted by molar-refractivity contribution is 8.00. The largest absolute Gasteiger partial charge is 0.368 e. The number of benzene rings is 2. The third-order valence-electron chi connectivity index (χ3n) is 3.85. The Morgan fingerprint density at radius 2 is 1.85 bits per heavy atom. The van der Waals surface area contributed by atoms with Crippen molar-refractivity contribution in [2.75, 3.05) is 0 Å². The first kappa shape index (κ1) is 18.5. The van der Waals surface area contributed by atoms with Crippen LogP contribution in [0.2, 0.25) is 5.02 Å². The van der Waals surface area contributed by atoms with Crippen LogP contribution in [0.1, 0.15) is 24.2 Å². The average Bonchev–Trinajstić information content (AvgIpc) is 3.04. The van der Waals surface area contributed by atoms with Crippen LogP contribution in [0.3, 0.4) is 0 Å². The summed E-state index contributed by atoms with van der Waals surface area (Å²) in [6.07, 6.45) is 0.915. The summed E-state index contributed by atoms with van der Waals surface area (Å²) in [5.41, 5.74) is 7.42. The Labute approximate surface area is 161 Å². The Kier molecular flexibility index (Phi) is 5.96. The molecule has 0 saturated carbocycles. The second kappa shape index (κ2) is 8.38. The molecular formula is C19H19ClN4OS. The van der Waals surface area contributed by atoms with E-state index in [0.717, 1.165) is 29.9 Å². The van der Waals surface area contributed by atoms with E-state index in [0.29, 0.717) is 10.2 Å². The molecule has 0 radical (unpaired) electrons. The fourth-order valence-electron chi connectivity index (χ4n) is 2.64. The lowest BCUT2D eigenvalue weighted by Crippen LogP contribution is -2.19. The molecule has 5 nitrogen and oxygen atoms in total. The van der Waals surface area contributed by atoms with Gasteiger partial charge in [-0.05, 0) is 36.2 Å². The SMILES string of the molecule is CCCn1c(SC(C(N)=O)c2ccccc2)nnc1-c1ccc(Cl)cc1. The maximum atomic E-state index is 12.0. The van der Waals surface area contributed by atoms with Crippen LogP contribution in [0.4, 0.5) is 0 Å². The predicted octanol–water partition coefficient (Wildman–Crippen LogP) is 4.33. The molecular weight excluding hydrogens is 368 g/mol. The normalized spacial score (nSPS) is 12.1. The molecule has 2 N–H and O–H groups in total. The van der Waals surface area contributed by atoms with Crippen molar-refractivity contribution >= 4 is 29.3 Å². The third kappa shape index (κ3) is 4.08. The molecule has 0 spiro atoms. The Bertz CT molecular complexity index is 880. The second-order valence-electron chi connectivity index (χ2n) is 5.78. The van der Waals surface area contributed by atoms with E-state index in [4.69, 9.17) is 17.3 Å². The number of carbonyl (C=O) groups is 1. The van der Waals surface area contributed by atoms with Crippen LogP contribution >= 0.6 is 23.4 Å². The molecule has 3 aromatic rings. The zero-order valence-corrected chi connectivity index (χ0v) is 15.9. The molecule has 134 valence electrons. The Balaban J connectivity index is 1.96. The Morgan fingerprint density at radius 3 is 2.46 bits per heavy atom. The van der Waals surface area contributed by atoms with Gasteiger partial charge < -0.3 is 10.3 Å². The van der Waals surface area contributed by atoms with Crippen molar-refractivity contribution in [2.24, 2.45) is 5.73 Å². The molecule has 1 aromatic heterocycles. The summed E-state index contributed by atoms with van der Waals surface area (Å²) in [6, 6.07) is 16.9. The highest BCUT2D eigenvalue weighted by Crippen LogP contribution is 2.35. The molecule has 1 unspecified atom stereocenters. The zero-order valence-electron chi connectivity index (χ0n) is 14.3. The smallest absolute Gasteiger partial charge is 0.235 e. The molecule has 7 heteroatoms. The van der Waals surface area contributed by atoms with Crippen molar-refractivity contribution in [3.63, 3.8) is 0 Å². The van der Waals surface area contributed by atoms with E-state index in [-0.39, 0.29) is 0 Å². The van der Waals surface area contributed by atoms with Gasteiger partial charge in [0.05, 0.1) is 0 Å². The number of halogens is 1. The molecule has 2 aromatic carbocycles. The number of amides is 1. The van der Waals surface area contributed by atoms with Crippen molar-refractivity contribution in [3.8, 4) is 11.4 Å². The molecule has 0 aliphatic rings. The number of carbonyl (C=O) groups excluding carboxylic acids is 1. The fourth-order valence-corrected chi connectivity index (χ4v) is 3.78. The first-order valence-electron chi connectivity index (χ1n) is 8.30. The molecule has 1 atom stereocenters. The van der Waals surface area contributed by atoms with Gasteiger partial charge in [-0.25, -0.2) is 0 Å². The van der Waals surface area contributed by atoms with Crippen molar-refractivity contribution in [3.05, 3.63) is 65.2 Å². The molecule has 0 fully saturated rings. The van der Waals surface area contributed by atoms with E-state index in [2.05, 4.69) is 17.1 Å². The van der Waals surface area contributed by atoms with Gasteiger partial charge in [0, 0.05) is 17.1 Å². The number of hydrogen-bond acceptors (Lipinski definition) is 4. The first-order valence-corrected chi connectivity index (χ1v) is 9.56. The van der Waals surface area contributed by atoms with Gasteiger partial charge in [0.1, 0.15) is 5.25 Å². The van der Waals surface area contributed by atoms with Crippen molar-refractivity contribution in [2.45, 2.75) is 30.3 Å². The maximum absolute atomic E-state index is 12.0. The number of primary amides is 1. The topological polar surface area (TPSA) is 73.8 Å². The van der Waals surface area contributed by atoms with E-state index in [9.17, 15) is 4.79 Å². The number of hydrogen-bond donors (Lipinski definition) is 1. The van der Waals surface area contributed by atoms with Gasteiger partial charge >= 0.3 is 0 Å². The highest BCUT2D eigenvalue weighted by atomic mass is 35.5. The standard InChI is InChI=1S/C19H19ClN4OS/c1-2-12-24-18(14-8-10-15(20)11-9-14)22-23-19(24)26-16(17(21)25)13-6-4-3-5-7-13/h3-11,16H,2,12H2,1H3,(H2,21,25). The van der Waals surface area contributed by atoms with Crippen molar-refractivity contribution < 1.29 is 4.79 Å². The third-order valence-corrected chi connectivity index (χ3v) is 5.36. The summed E-state index contributed by atoms with van der Waals surface area (Å²) in [4.78, 5) is 12.0. The number of nitrogens with two attached hydrogens (primary N) is 1. The van der Waals surface area contributed by atoms with Crippen LogP contribution in [0.25, 0.3) is 11.4 Å². The maximum Gasteiger partial charge on any atom is 0.235 e. The van der Waals surface area contributed by atoms with E-state index < -0.39 is 11.2 Å². The van der Waals surface area contributed by atoms with Crippen LogP contribution in [-0.4, -0.2) is 20.7 Å². The van der Waals surface area contributed by atoms with E-state index in [1.165, 1.54) is 11.8 Å². The second-order valence-corrected chi connectivity index (χ2v) is 7.28. The highest BCUT2D eigenvalue weighted by Gasteiger charge is 2.23. The average molecular weight is 387 g/mol. The van der Waals surface area contributed by atoms with Crippen LogP contribution < -0.4 is 5.73 Å². The molecule has 0 bridgehead atoms. The zero-order chi connectivity index (χ0) is 18.5. The van der Waals surface area contributed by atoms with Gasteiger partial charge in [-0.3, -0.25) is 4.79 Å². The van der Waals surface area contributed by atoms with Gasteiger partial charge in [-0.1, -0.05) is 60.6 Å². The molecule has 1 heterocycles. The molecule has 3 rings (SSSR count). The van der Waals surface area contributed by atoms with Gasteiger partial charge in [0.2, 0.25) is 5.91 Å². The van der Waals surface area contributed by atoms with Gasteiger partial charge in [0.15, 0.2) is 11.0 Å². The Hall–Kier alpha value is -2.31. The number of thioether (sulfide) groups is 1. The van der Waals surface area contributed by atoms with Crippen LogP contribution in [0, 0.1) is 0 Å². The van der Waals surface area contributed by atoms with E-state index in [1.807, 2.05) is 59.2 Å². The monoisotopic (exact) mass is 386 g/mol. The van der Waals surface area contributed by atoms with Crippen molar-refractivity contribution in [1.29, 1.82) is 0 Å². The summed E-state index contributed by atoms with van der Waals surface area (Å²) < 4.78 is 2.02. The fraction of sp³-hybridized carbons (Fsp3) is 0.211. The number of aromatic nitrogens is 3. The molecule has 26 heavy (non-hydrogen) atoms. The molecule has 0 saturated heterocycles. The Morgan fingerprint density at radius 1 is 1.15 bits per heavy atom. The lowest BCUT2D eigenvalue weighted by molar-refractivity contribution is -0.117. The summed E-state index contributed by atoms with van der Waals surface area (Å²) >= 11 is 7.30. The number of nitrogens with zero attached hydrogens (tertiary/aromatic N) is 3. The van der Waals surface area contributed by atoms with Crippen LogP contribution in [0.15, 0.2) is 59.8 Å².